The summed E-state index contributed by atoms with van der Waals surface area (Å²) in [5, 5.41) is 3.95. The molecule has 23 heavy (non-hydrogen) atoms. The summed E-state index contributed by atoms with van der Waals surface area (Å²) >= 11 is 3.01. The Kier molecular flexibility index (Phi) is 4.93. The van der Waals surface area contributed by atoms with Crippen LogP contribution in [0.4, 0.5) is 0 Å². The van der Waals surface area contributed by atoms with E-state index in [-0.39, 0.29) is 11.7 Å². The number of aryl methyl sites for hydroxylation is 1. The fourth-order valence-corrected chi connectivity index (χ4v) is 4.22. The minimum atomic E-state index is -0.224. The van der Waals surface area contributed by atoms with E-state index >= 15 is 0 Å². The summed E-state index contributed by atoms with van der Waals surface area (Å²) in [6.45, 7) is 4.07. The number of esters is 1. The Morgan fingerprint density at radius 3 is 2.78 bits per heavy atom. The van der Waals surface area contributed by atoms with Crippen molar-refractivity contribution in [3.63, 3.8) is 0 Å². The number of benzene rings is 1. The minimum Gasteiger partial charge on any atom is -0.465 e. The van der Waals surface area contributed by atoms with Crippen LogP contribution in [0.1, 0.15) is 12.7 Å². The van der Waals surface area contributed by atoms with Crippen molar-refractivity contribution in [1.82, 2.24) is 9.97 Å². The molecule has 0 radical (unpaired) electrons. The minimum absolute atomic E-state index is 0.224. The first-order valence-corrected chi connectivity index (χ1v) is 9.15. The highest BCUT2D eigenvalue weighted by molar-refractivity contribution is 8.00. The average Bonchev–Trinajstić information content (AvgIpc) is 2.97. The molecule has 2 heterocycles. The van der Waals surface area contributed by atoms with Gasteiger partial charge in [-0.2, -0.15) is 0 Å². The van der Waals surface area contributed by atoms with Gasteiger partial charge in [0.15, 0.2) is 0 Å². The van der Waals surface area contributed by atoms with Crippen LogP contribution >= 0.6 is 23.1 Å². The number of carbonyl (C=O) groups is 1. The van der Waals surface area contributed by atoms with Gasteiger partial charge in [-0.25, -0.2) is 9.97 Å². The van der Waals surface area contributed by atoms with Crippen LogP contribution in [-0.4, -0.2) is 28.3 Å². The van der Waals surface area contributed by atoms with Crippen LogP contribution in [0.3, 0.4) is 0 Å². The van der Waals surface area contributed by atoms with Gasteiger partial charge in [0.2, 0.25) is 0 Å². The third-order valence-electron chi connectivity index (χ3n) is 3.23. The zero-order valence-corrected chi connectivity index (χ0v) is 14.5. The Bertz CT molecular complexity index is 831. The van der Waals surface area contributed by atoms with Gasteiger partial charge in [0.05, 0.1) is 17.7 Å². The maximum atomic E-state index is 11.6. The Hall–Kier alpha value is -1.92. The predicted octanol–water partition coefficient (Wildman–Crippen LogP) is 4.32. The van der Waals surface area contributed by atoms with E-state index in [2.05, 4.69) is 27.5 Å². The summed E-state index contributed by atoms with van der Waals surface area (Å²) in [6.07, 6.45) is 0. The first-order valence-electron chi connectivity index (χ1n) is 7.28. The lowest BCUT2D eigenvalue weighted by Gasteiger charge is -2.06. The number of carbonyl (C=O) groups excluding carboxylic acids is 1. The SMILES string of the molecule is CCOC(=O)CSc1nc(C)nc2scc(-c3ccccc3)c12. The second-order valence-electron chi connectivity index (χ2n) is 4.87. The summed E-state index contributed by atoms with van der Waals surface area (Å²) < 4.78 is 5.00. The summed E-state index contributed by atoms with van der Waals surface area (Å²) in [4.78, 5) is 21.7. The van der Waals surface area contributed by atoms with Crippen molar-refractivity contribution >= 4 is 39.3 Å². The third-order valence-corrected chi connectivity index (χ3v) is 5.05. The highest BCUT2D eigenvalue weighted by Crippen LogP contribution is 2.38. The quantitative estimate of drug-likeness (QED) is 0.392. The van der Waals surface area contributed by atoms with E-state index in [1.165, 1.54) is 11.8 Å². The molecule has 0 saturated heterocycles. The number of thiophene rings is 1. The normalized spacial score (nSPS) is 10.9. The van der Waals surface area contributed by atoms with Crippen LogP contribution in [0.5, 0.6) is 0 Å². The molecule has 0 N–H and O–H groups in total. The Morgan fingerprint density at radius 2 is 2.04 bits per heavy atom. The summed E-state index contributed by atoms with van der Waals surface area (Å²) in [5.41, 5.74) is 2.24. The number of nitrogens with zero attached hydrogens (tertiary/aromatic N) is 2. The van der Waals surface area contributed by atoms with Crippen LogP contribution < -0.4 is 0 Å². The smallest absolute Gasteiger partial charge is 0.316 e. The molecule has 3 aromatic rings. The lowest BCUT2D eigenvalue weighted by Crippen LogP contribution is -2.07. The van der Waals surface area contributed by atoms with E-state index in [1.807, 2.05) is 32.0 Å². The highest BCUT2D eigenvalue weighted by atomic mass is 32.2. The largest absolute Gasteiger partial charge is 0.465 e. The summed E-state index contributed by atoms with van der Waals surface area (Å²) in [5.74, 6) is 0.743. The molecular formula is C17H16N2O2S2. The highest BCUT2D eigenvalue weighted by Gasteiger charge is 2.16. The standard InChI is InChI=1S/C17H16N2O2S2/c1-3-21-14(20)10-23-17-15-13(12-7-5-4-6-8-12)9-22-16(15)18-11(2)19-17/h4-9H,3,10H2,1-2H3. The van der Waals surface area contributed by atoms with Crippen LogP contribution in [0, 0.1) is 6.92 Å². The van der Waals surface area contributed by atoms with Crippen LogP contribution in [0.25, 0.3) is 21.3 Å². The van der Waals surface area contributed by atoms with E-state index in [0.717, 1.165) is 26.4 Å². The number of rotatable bonds is 5. The molecule has 0 fully saturated rings. The molecule has 6 heteroatoms. The Morgan fingerprint density at radius 1 is 1.26 bits per heavy atom. The molecule has 0 spiro atoms. The zero-order valence-electron chi connectivity index (χ0n) is 12.9. The van der Waals surface area contributed by atoms with Gasteiger partial charge < -0.3 is 4.74 Å². The van der Waals surface area contributed by atoms with Gasteiger partial charge in [0, 0.05) is 10.9 Å². The van der Waals surface area contributed by atoms with E-state index in [4.69, 9.17) is 4.74 Å². The molecule has 0 saturated carbocycles. The van der Waals surface area contributed by atoms with Crippen molar-refractivity contribution in [2.45, 2.75) is 18.9 Å². The molecule has 0 bridgehead atoms. The molecule has 0 aliphatic rings. The Balaban J connectivity index is 2.02. The fraction of sp³-hybridized carbons (Fsp3) is 0.235. The number of aromatic nitrogens is 2. The second kappa shape index (κ2) is 7.10. The molecule has 118 valence electrons. The van der Waals surface area contributed by atoms with E-state index in [1.54, 1.807) is 11.3 Å². The molecule has 3 rings (SSSR count). The molecule has 2 aromatic heterocycles. The van der Waals surface area contributed by atoms with Crippen molar-refractivity contribution in [3.05, 3.63) is 41.5 Å². The predicted molar refractivity (Wildman–Crippen MR) is 94.9 cm³/mol. The summed E-state index contributed by atoms with van der Waals surface area (Å²) in [6, 6.07) is 10.2. The van der Waals surface area contributed by atoms with E-state index in [9.17, 15) is 4.79 Å². The molecule has 0 aliphatic heterocycles. The van der Waals surface area contributed by atoms with Crippen LogP contribution in [-0.2, 0) is 9.53 Å². The Labute approximate surface area is 142 Å². The van der Waals surface area contributed by atoms with Gasteiger partial charge >= 0.3 is 5.97 Å². The number of fused-ring (bicyclic) bond motifs is 1. The average molecular weight is 344 g/mol. The number of ether oxygens (including phenoxy) is 1. The lowest BCUT2D eigenvalue weighted by atomic mass is 10.1. The van der Waals surface area contributed by atoms with Crippen molar-refractivity contribution in [2.75, 3.05) is 12.4 Å². The number of hydrogen-bond donors (Lipinski definition) is 0. The topological polar surface area (TPSA) is 52.1 Å². The van der Waals surface area contributed by atoms with Crippen molar-refractivity contribution in [3.8, 4) is 11.1 Å². The van der Waals surface area contributed by atoms with Gasteiger partial charge in [-0.3, -0.25) is 4.79 Å². The van der Waals surface area contributed by atoms with Crippen LogP contribution in [0.2, 0.25) is 0 Å². The van der Waals surface area contributed by atoms with Gasteiger partial charge in [0.1, 0.15) is 15.7 Å². The number of hydrogen-bond acceptors (Lipinski definition) is 6. The van der Waals surface area contributed by atoms with Crippen LogP contribution in [0.15, 0.2) is 40.7 Å². The maximum Gasteiger partial charge on any atom is 0.316 e. The second-order valence-corrected chi connectivity index (χ2v) is 6.69. The lowest BCUT2D eigenvalue weighted by molar-refractivity contribution is -0.139. The van der Waals surface area contributed by atoms with Crippen molar-refractivity contribution in [2.24, 2.45) is 0 Å². The molecule has 1 aromatic carbocycles. The number of thioether (sulfide) groups is 1. The van der Waals surface area contributed by atoms with Crippen molar-refractivity contribution in [1.29, 1.82) is 0 Å². The maximum absolute atomic E-state index is 11.6. The molecule has 0 aliphatic carbocycles. The van der Waals surface area contributed by atoms with Gasteiger partial charge in [-0.15, -0.1) is 11.3 Å². The first-order chi connectivity index (χ1) is 11.2. The van der Waals surface area contributed by atoms with Gasteiger partial charge in [-0.05, 0) is 19.4 Å². The molecule has 0 amide bonds. The molecule has 0 unspecified atom stereocenters. The third kappa shape index (κ3) is 3.54. The monoisotopic (exact) mass is 344 g/mol. The zero-order chi connectivity index (χ0) is 16.2. The molecular weight excluding hydrogens is 328 g/mol. The van der Waals surface area contributed by atoms with E-state index < -0.39 is 0 Å². The van der Waals surface area contributed by atoms with Gasteiger partial charge in [0.25, 0.3) is 0 Å². The van der Waals surface area contributed by atoms with E-state index in [0.29, 0.717) is 12.4 Å². The summed E-state index contributed by atoms with van der Waals surface area (Å²) in [7, 11) is 0. The first kappa shape index (κ1) is 16.0. The molecule has 0 atom stereocenters. The fourth-order valence-electron chi connectivity index (χ4n) is 2.28. The van der Waals surface area contributed by atoms with Crippen molar-refractivity contribution < 1.29 is 9.53 Å². The molecule has 4 nitrogen and oxygen atoms in total. The van der Waals surface area contributed by atoms with Gasteiger partial charge in [-0.1, -0.05) is 42.1 Å².